The molecule has 0 bridgehead atoms. The number of carbonyl (C=O) groups is 1. The lowest BCUT2D eigenvalue weighted by molar-refractivity contribution is -0.118. The maximum absolute atomic E-state index is 13.0. The van der Waals surface area contributed by atoms with Crippen molar-refractivity contribution in [2.75, 3.05) is 32.1 Å². The fourth-order valence-corrected chi connectivity index (χ4v) is 6.33. The Morgan fingerprint density at radius 2 is 1.79 bits per heavy atom. The van der Waals surface area contributed by atoms with Gasteiger partial charge in [0.15, 0.2) is 0 Å². The van der Waals surface area contributed by atoms with E-state index in [0.29, 0.717) is 0 Å². The number of amides is 1. The summed E-state index contributed by atoms with van der Waals surface area (Å²) >= 11 is 1.65. The van der Waals surface area contributed by atoms with Crippen molar-refractivity contribution in [3.05, 3.63) is 53.6 Å². The minimum absolute atomic E-state index is 0.128. The molecule has 1 fully saturated rings. The topological polar surface area (TPSA) is 32.8 Å². The second kappa shape index (κ2) is 11.4. The summed E-state index contributed by atoms with van der Waals surface area (Å²) < 4.78 is 5.98. The molecule has 0 saturated heterocycles. The lowest BCUT2D eigenvalue weighted by Crippen LogP contribution is -2.34. The highest BCUT2D eigenvalue weighted by molar-refractivity contribution is 8.00. The van der Waals surface area contributed by atoms with E-state index in [2.05, 4.69) is 31.0 Å². The molecule has 2 aromatic rings. The van der Waals surface area contributed by atoms with Crippen molar-refractivity contribution in [2.24, 2.45) is 0 Å². The number of aryl methyl sites for hydroxylation is 1. The van der Waals surface area contributed by atoms with Crippen molar-refractivity contribution >= 4 is 23.4 Å². The number of likely N-dealkylation sites (N-methyl/N-ethyl adjacent to an activating group) is 1. The van der Waals surface area contributed by atoms with Gasteiger partial charge >= 0.3 is 0 Å². The monoisotopic (exact) mass is 466 g/mol. The Balaban J connectivity index is 1.21. The first-order valence-electron chi connectivity index (χ1n) is 12.5. The first kappa shape index (κ1) is 24.2. The lowest BCUT2D eigenvalue weighted by Gasteiger charge is -2.31. The molecule has 0 aromatic heterocycles. The standard InChI is InChI=1S/C28H38N2O2S/c1-21-12-17-25-26(20-21)33-27(28(31)30(25)3)22-13-15-24(16-14-22)32-19-9-5-8-18-29(2)23-10-6-4-7-11-23/h12-17,20,23,27H,4-11,18-19H2,1-3H3. The predicted octanol–water partition coefficient (Wildman–Crippen LogP) is 6.62. The van der Waals surface area contributed by atoms with Gasteiger partial charge in [-0.05, 0) is 88.0 Å². The minimum Gasteiger partial charge on any atom is -0.494 e. The summed E-state index contributed by atoms with van der Waals surface area (Å²) in [6, 6.07) is 15.2. The molecule has 1 aliphatic heterocycles. The summed E-state index contributed by atoms with van der Waals surface area (Å²) in [5.74, 6) is 1.01. The molecule has 0 spiro atoms. The SMILES string of the molecule is Cc1ccc2c(c1)SC(c1ccc(OCCCCCN(C)C3CCCCC3)cc1)C(=O)N2C. The van der Waals surface area contributed by atoms with Crippen LogP contribution >= 0.6 is 11.8 Å². The molecule has 33 heavy (non-hydrogen) atoms. The number of hydrogen-bond donors (Lipinski definition) is 0. The molecule has 178 valence electrons. The third-order valence-electron chi connectivity index (χ3n) is 7.08. The van der Waals surface area contributed by atoms with Gasteiger partial charge in [-0.1, -0.05) is 37.5 Å². The zero-order chi connectivity index (χ0) is 23.2. The van der Waals surface area contributed by atoms with Gasteiger partial charge in [0.1, 0.15) is 11.0 Å². The molecular formula is C28H38N2O2S. The first-order chi connectivity index (χ1) is 16.0. The van der Waals surface area contributed by atoms with Crippen molar-refractivity contribution < 1.29 is 9.53 Å². The largest absolute Gasteiger partial charge is 0.494 e. The molecule has 1 aliphatic carbocycles. The van der Waals surface area contributed by atoms with Crippen LogP contribution in [0.25, 0.3) is 0 Å². The van der Waals surface area contributed by atoms with Crippen LogP contribution in [0.15, 0.2) is 47.4 Å². The van der Waals surface area contributed by atoms with Crippen LogP contribution in [0.3, 0.4) is 0 Å². The summed E-state index contributed by atoms with van der Waals surface area (Å²) in [7, 11) is 4.16. The molecule has 2 aromatic carbocycles. The number of fused-ring (bicyclic) bond motifs is 1. The summed E-state index contributed by atoms with van der Waals surface area (Å²) in [6.07, 6.45) is 10.5. The zero-order valence-electron chi connectivity index (χ0n) is 20.4. The molecular weight excluding hydrogens is 428 g/mol. The molecule has 1 unspecified atom stereocenters. The summed E-state index contributed by atoms with van der Waals surface area (Å²) in [6.45, 7) is 4.04. The zero-order valence-corrected chi connectivity index (χ0v) is 21.2. The van der Waals surface area contributed by atoms with Crippen LogP contribution in [0.2, 0.25) is 0 Å². The van der Waals surface area contributed by atoms with Crippen molar-refractivity contribution in [2.45, 2.75) is 74.5 Å². The van der Waals surface area contributed by atoms with Gasteiger partial charge in [-0.3, -0.25) is 4.79 Å². The fraction of sp³-hybridized carbons (Fsp3) is 0.536. The van der Waals surface area contributed by atoms with Gasteiger partial charge in [-0.2, -0.15) is 0 Å². The smallest absolute Gasteiger partial charge is 0.244 e. The van der Waals surface area contributed by atoms with Crippen LogP contribution in [-0.4, -0.2) is 44.1 Å². The highest BCUT2D eigenvalue weighted by atomic mass is 32.2. The Hall–Kier alpha value is -1.98. The Bertz CT molecular complexity index is 924. The molecule has 1 saturated carbocycles. The van der Waals surface area contributed by atoms with E-state index in [1.54, 1.807) is 16.7 Å². The van der Waals surface area contributed by atoms with Crippen LogP contribution in [0.4, 0.5) is 5.69 Å². The van der Waals surface area contributed by atoms with Crippen LogP contribution < -0.4 is 9.64 Å². The first-order valence-corrected chi connectivity index (χ1v) is 13.4. The molecule has 0 radical (unpaired) electrons. The van der Waals surface area contributed by atoms with E-state index in [1.807, 2.05) is 37.4 Å². The Labute approximate surface area is 203 Å². The van der Waals surface area contributed by atoms with Gasteiger partial charge in [0.2, 0.25) is 5.91 Å². The van der Waals surface area contributed by atoms with E-state index in [4.69, 9.17) is 4.74 Å². The second-order valence-electron chi connectivity index (χ2n) is 9.62. The van der Waals surface area contributed by atoms with Gasteiger partial charge < -0.3 is 14.5 Å². The van der Waals surface area contributed by atoms with E-state index in [1.165, 1.54) is 57.1 Å². The molecule has 4 rings (SSSR count). The van der Waals surface area contributed by atoms with E-state index in [9.17, 15) is 4.79 Å². The van der Waals surface area contributed by atoms with Gasteiger partial charge in [0, 0.05) is 18.0 Å². The van der Waals surface area contributed by atoms with Gasteiger partial charge in [-0.25, -0.2) is 0 Å². The molecule has 2 aliphatic rings. The Kier molecular flexibility index (Phi) is 8.37. The van der Waals surface area contributed by atoms with Crippen molar-refractivity contribution in [1.82, 2.24) is 4.90 Å². The van der Waals surface area contributed by atoms with Gasteiger partial charge in [0.25, 0.3) is 0 Å². The maximum atomic E-state index is 13.0. The Morgan fingerprint density at radius 1 is 1.03 bits per heavy atom. The van der Waals surface area contributed by atoms with Crippen molar-refractivity contribution in [3.8, 4) is 5.75 Å². The summed E-state index contributed by atoms with van der Waals surface area (Å²) in [5.41, 5.74) is 3.24. The average Bonchev–Trinajstić information content (AvgIpc) is 2.84. The number of nitrogens with zero attached hydrogens (tertiary/aromatic N) is 2. The summed E-state index contributed by atoms with van der Waals surface area (Å²) in [5, 5.41) is -0.209. The number of thioether (sulfide) groups is 1. The van der Waals surface area contributed by atoms with E-state index in [0.717, 1.165) is 41.0 Å². The number of hydrogen-bond acceptors (Lipinski definition) is 4. The number of carbonyl (C=O) groups excluding carboxylic acids is 1. The number of ether oxygens (including phenoxy) is 1. The highest BCUT2D eigenvalue weighted by Crippen LogP contribution is 2.46. The molecule has 5 heteroatoms. The fourth-order valence-electron chi connectivity index (χ4n) is 4.95. The minimum atomic E-state index is -0.209. The molecule has 1 amide bonds. The number of benzene rings is 2. The van der Waals surface area contributed by atoms with Crippen LogP contribution in [0, 0.1) is 6.92 Å². The van der Waals surface area contributed by atoms with Crippen molar-refractivity contribution in [3.63, 3.8) is 0 Å². The van der Waals surface area contributed by atoms with Crippen LogP contribution in [-0.2, 0) is 4.79 Å². The third-order valence-corrected chi connectivity index (χ3v) is 8.37. The van der Waals surface area contributed by atoms with Gasteiger partial charge in [-0.15, -0.1) is 11.8 Å². The normalized spacial score (nSPS) is 19.1. The number of unbranched alkanes of at least 4 members (excludes halogenated alkanes) is 2. The maximum Gasteiger partial charge on any atom is 0.244 e. The molecule has 0 N–H and O–H groups in total. The van der Waals surface area contributed by atoms with Crippen molar-refractivity contribution in [1.29, 1.82) is 0 Å². The predicted molar refractivity (Wildman–Crippen MR) is 138 cm³/mol. The van der Waals surface area contributed by atoms with E-state index < -0.39 is 0 Å². The quantitative estimate of drug-likeness (QED) is 0.389. The van der Waals surface area contributed by atoms with Crippen LogP contribution in [0.5, 0.6) is 5.75 Å². The Morgan fingerprint density at radius 3 is 2.55 bits per heavy atom. The molecule has 1 heterocycles. The molecule has 1 atom stereocenters. The summed E-state index contributed by atoms with van der Waals surface area (Å²) in [4.78, 5) is 18.5. The third kappa shape index (κ3) is 6.13. The lowest BCUT2D eigenvalue weighted by atomic mass is 9.94. The van der Waals surface area contributed by atoms with Crippen LogP contribution in [0.1, 0.15) is 67.7 Å². The second-order valence-corrected chi connectivity index (χ2v) is 10.8. The average molecular weight is 467 g/mol. The highest BCUT2D eigenvalue weighted by Gasteiger charge is 2.32. The number of rotatable bonds is 9. The number of anilines is 1. The van der Waals surface area contributed by atoms with E-state index >= 15 is 0 Å². The molecule has 4 nitrogen and oxygen atoms in total. The van der Waals surface area contributed by atoms with E-state index in [-0.39, 0.29) is 11.2 Å². The van der Waals surface area contributed by atoms with Gasteiger partial charge in [0.05, 0.1) is 12.3 Å².